The SMILES string of the molecule is CCc1ccc(C(O)C2CCC(CC)CC2)o1. The number of aryl methyl sites for hydroxylation is 1. The molecule has 2 nitrogen and oxygen atoms in total. The summed E-state index contributed by atoms with van der Waals surface area (Å²) in [4.78, 5) is 0. The third-order valence-corrected chi connectivity index (χ3v) is 4.24. The number of aliphatic hydroxyl groups excluding tert-OH is 1. The number of furan rings is 1. The topological polar surface area (TPSA) is 33.4 Å². The normalized spacial score (nSPS) is 27.0. The van der Waals surface area contributed by atoms with Crippen LogP contribution in [0.1, 0.15) is 63.6 Å². The molecule has 1 aliphatic carbocycles. The van der Waals surface area contributed by atoms with E-state index in [2.05, 4.69) is 13.8 Å². The Morgan fingerprint density at radius 3 is 2.47 bits per heavy atom. The van der Waals surface area contributed by atoms with E-state index in [0.717, 1.165) is 36.7 Å². The van der Waals surface area contributed by atoms with Crippen molar-refractivity contribution >= 4 is 0 Å². The van der Waals surface area contributed by atoms with Crippen LogP contribution in [0.4, 0.5) is 0 Å². The van der Waals surface area contributed by atoms with Gasteiger partial charge in [0.1, 0.15) is 17.6 Å². The van der Waals surface area contributed by atoms with Crippen LogP contribution in [0.5, 0.6) is 0 Å². The van der Waals surface area contributed by atoms with Crippen molar-refractivity contribution in [2.24, 2.45) is 11.8 Å². The fraction of sp³-hybridized carbons (Fsp3) is 0.733. The van der Waals surface area contributed by atoms with Crippen LogP contribution in [-0.4, -0.2) is 5.11 Å². The summed E-state index contributed by atoms with van der Waals surface area (Å²) in [6, 6.07) is 3.92. The van der Waals surface area contributed by atoms with Crippen molar-refractivity contribution in [3.8, 4) is 0 Å². The quantitative estimate of drug-likeness (QED) is 0.854. The van der Waals surface area contributed by atoms with E-state index in [0.29, 0.717) is 5.92 Å². The molecule has 1 aliphatic rings. The van der Waals surface area contributed by atoms with Crippen molar-refractivity contribution < 1.29 is 9.52 Å². The standard InChI is InChI=1S/C15H24O2/c1-3-11-5-7-12(8-6-11)15(16)14-10-9-13(4-2)17-14/h9-12,15-16H,3-8H2,1-2H3. The number of rotatable bonds is 4. The zero-order valence-corrected chi connectivity index (χ0v) is 11.0. The monoisotopic (exact) mass is 236 g/mol. The summed E-state index contributed by atoms with van der Waals surface area (Å²) in [6.07, 6.45) is 6.59. The third kappa shape index (κ3) is 2.92. The van der Waals surface area contributed by atoms with E-state index < -0.39 is 6.10 Å². The second-order valence-corrected chi connectivity index (χ2v) is 5.29. The lowest BCUT2D eigenvalue weighted by molar-refractivity contribution is 0.0545. The number of hydrogen-bond acceptors (Lipinski definition) is 2. The molecule has 1 aromatic rings. The van der Waals surface area contributed by atoms with Crippen LogP contribution in [0.25, 0.3) is 0 Å². The van der Waals surface area contributed by atoms with Gasteiger partial charge in [0.25, 0.3) is 0 Å². The van der Waals surface area contributed by atoms with Gasteiger partial charge < -0.3 is 9.52 Å². The Hall–Kier alpha value is -0.760. The molecule has 2 heteroatoms. The van der Waals surface area contributed by atoms with Crippen LogP contribution < -0.4 is 0 Å². The molecule has 1 fully saturated rings. The smallest absolute Gasteiger partial charge is 0.132 e. The van der Waals surface area contributed by atoms with Crippen LogP contribution in [-0.2, 0) is 6.42 Å². The van der Waals surface area contributed by atoms with Crippen LogP contribution >= 0.6 is 0 Å². The minimum atomic E-state index is -0.395. The van der Waals surface area contributed by atoms with Gasteiger partial charge in [-0.3, -0.25) is 0 Å². The van der Waals surface area contributed by atoms with Gasteiger partial charge >= 0.3 is 0 Å². The Morgan fingerprint density at radius 2 is 1.94 bits per heavy atom. The minimum Gasteiger partial charge on any atom is -0.463 e. The predicted octanol–water partition coefficient (Wildman–Crippen LogP) is 4.09. The summed E-state index contributed by atoms with van der Waals surface area (Å²) >= 11 is 0. The summed E-state index contributed by atoms with van der Waals surface area (Å²) in [7, 11) is 0. The van der Waals surface area contributed by atoms with Gasteiger partial charge in [0.2, 0.25) is 0 Å². The highest BCUT2D eigenvalue weighted by molar-refractivity contribution is 5.10. The predicted molar refractivity (Wildman–Crippen MR) is 68.8 cm³/mol. The summed E-state index contributed by atoms with van der Waals surface area (Å²) < 4.78 is 5.65. The Balaban J connectivity index is 1.94. The molecule has 0 bridgehead atoms. The van der Waals surface area contributed by atoms with Gasteiger partial charge in [-0.1, -0.05) is 33.1 Å². The van der Waals surface area contributed by atoms with Gasteiger partial charge in [0.15, 0.2) is 0 Å². The molecule has 0 amide bonds. The van der Waals surface area contributed by atoms with Gasteiger partial charge in [-0.05, 0) is 36.8 Å². The molecule has 0 aliphatic heterocycles. The van der Waals surface area contributed by atoms with Gasteiger partial charge in [0.05, 0.1) is 0 Å². The molecule has 0 saturated heterocycles. The average molecular weight is 236 g/mol. The van der Waals surface area contributed by atoms with Crippen LogP contribution in [0.15, 0.2) is 16.5 Å². The van der Waals surface area contributed by atoms with Crippen molar-refractivity contribution in [1.29, 1.82) is 0 Å². The van der Waals surface area contributed by atoms with E-state index in [1.54, 1.807) is 0 Å². The molecule has 2 rings (SSSR count). The van der Waals surface area contributed by atoms with E-state index in [-0.39, 0.29) is 0 Å². The van der Waals surface area contributed by atoms with Crippen molar-refractivity contribution in [1.82, 2.24) is 0 Å². The second kappa shape index (κ2) is 5.72. The van der Waals surface area contributed by atoms with Gasteiger partial charge in [-0.2, -0.15) is 0 Å². The van der Waals surface area contributed by atoms with Gasteiger partial charge in [-0.25, -0.2) is 0 Å². The van der Waals surface area contributed by atoms with Gasteiger partial charge in [-0.15, -0.1) is 0 Å². The first-order chi connectivity index (χ1) is 8.24. The van der Waals surface area contributed by atoms with Crippen molar-refractivity contribution in [2.45, 2.75) is 58.5 Å². The fourth-order valence-electron chi connectivity index (χ4n) is 2.89. The first-order valence-corrected chi connectivity index (χ1v) is 7.01. The summed E-state index contributed by atoms with van der Waals surface area (Å²) in [6.45, 7) is 4.34. The van der Waals surface area contributed by atoms with Crippen LogP contribution in [0.3, 0.4) is 0 Å². The largest absolute Gasteiger partial charge is 0.463 e. The average Bonchev–Trinajstić information content (AvgIpc) is 2.87. The minimum absolute atomic E-state index is 0.395. The first-order valence-electron chi connectivity index (χ1n) is 7.01. The first kappa shape index (κ1) is 12.7. The molecule has 1 N–H and O–H groups in total. The molecule has 0 aromatic carbocycles. The van der Waals surface area contributed by atoms with Crippen molar-refractivity contribution in [3.05, 3.63) is 23.7 Å². The highest BCUT2D eigenvalue weighted by atomic mass is 16.4. The van der Waals surface area contributed by atoms with Crippen molar-refractivity contribution in [2.75, 3.05) is 0 Å². The molecular formula is C15H24O2. The highest BCUT2D eigenvalue weighted by Gasteiger charge is 2.28. The van der Waals surface area contributed by atoms with E-state index in [1.165, 1.54) is 19.3 Å². The second-order valence-electron chi connectivity index (χ2n) is 5.29. The molecule has 1 heterocycles. The highest BCUT2D eigenvalue weighted by Crippen LogP contribution is 2.38. The maximum atomic E-state index is 10.3. The van der Waals surface area contributed by atoms with E-state index >= 15 is 0 Å². The zero-order valence-electron chi connectivity index (χ0n) is 11.0. The van der Waals surface area contributed by atoms with Crippen LogP contribution in [0.2, 0.25) is 0 Å². The Labute approximate surface area is 104 Å². The molecule has 17 heavy (non-hydrogen) atoms. The van der Waals surface area contributed by atoms with E-state index in [1.807, 2.05) is 12.1 Å². The third-order valence-electron chi connectivity index (χ3n) is 4.24. The maximum Gasteiger partial charge on any atom is 0.132 e. The Morgan fingerprint density at radius 1 is 1.24 bits per heavy atom. The fourth-order valence-corrected chi connectivity index (χ4v) is 2.89. The zero-order chi connectivity index (χ0) is 12.3. The van der Waals surface area contributed by atoms with E-state index in [9.17, 15) is 5.11 Å². The summed E-state index contributed by atoms with van der Waals surface area (Å²) in [5, 5.41) is 10.3. The molecule has 96 valence electrons. The maximum absolute atomic E-state index is 10.3. The lowest BCUT2D eigenvalue weighted by Crippen LogP contribution is -2.19. The Kier molecular flexibility index (Phi) is 4.27. The lowest BCUT2D eigenvalue weighted by Gasteiger charge is -2.30. The van der Waals surface area contributed by atoms with E-state index in [4.69, 9.17) is 4.42 Å². The van der Waals surface area contributed by atoms with Crippen LogP contribution in [0, 0.1) is 11.8 Å². The number of aliphatic hydroxyl groups is 1. The molecule has 1 atom stereocenters. The number of hydrogen-bond donors (Lipinski definition) is 1. The van der Waals surface area contributed by atoms with Gasteiger partial charge in [0, 0.05) is 6.42 Å². The summed E-state index contributed by atoms with van der Waals surface area (Å²) in [5.74, 6) is 3.01. The molecule has 1 aromatic heterocycles. The molecule has 0 spiro atoms. The summed E-state index contributed by atoms with van der Waals surface area (Å²) in [5.41, 5.74) is 0. The molecule has 1 unspecified atom stereocenters. The lowest BCUT2D eigenvalue weighted by atomic mass is 9.78. The van der Waals surface area contributed by atoms with Crippen molar-refractivity contribution in [3.63, 3.8) is 0 Å². The molecular weight excluding hydrogens is 212 g/mol. The molecule has 0 radical (unpaired) electrons. The Bertz CT molecular complexity index is 334. The molecule has 1 saturated carbocycles.